The molecule has 2 N–H and O–H groups in total. The van der Waals surface area contributed by atoms with Gasteiger partial charge in [-0.2, -0.15) is 5.10 Å². The SMILES string of the molecule is CCCNC(CC)(CO)CCCn1nc(C)cc1C. The van der Waals surface area contributed by atoms with Crippen molar-refractivity contribution in [2.24, 2.45) is 0 Å². The molecule has 0 saturated carbocycles. The van der Waals surface area contributed by atoms with Gasteiger partial charge in [-0.25, -0.2) is 0 Å². The Labute approximate surface area is 117 Å². The van der Waals surface area contributed by atoms with E-state index >= 15 is 0 Å². The number of nitrogens with one attached hydrogen (secondary N) is 1. The van der Waals surface area contributed by atoms with Crippen molar-refractivity contribution in [3.8, 4) is 0 Å². The van der Waals surface area contributed by atoms with Crippen molar-refractivity contribution in [3.63, 3.8) is 0 Å². The predicted molar refractivity (Wildman–Crippen MR) is 79.3 cm³/mol. The minimum Gasteiger partial charge on any atom is -0.394 e. The van der Waals surface area contributed by atoms with Gasteiger partial charge in [0.15, 0.2) is 0 Å². The molecule has 0 bridgehead atoms. The van der Waals surface area contributed by atoms with E-state index in [0.29, 0.717) is 0 Å². The Hall–Kier alpha value is -0.870. The molecule has 0 spiro atoms. The van der Waals surface area contributed by atoms with Gasteiger partial charge in [-0.3, -0.25) is 4.68 Å². The molecule has 0 aliphatic heterocycles. The van der Waals surface area contributed by atoms with Gasteiger partial charge in [0.1, 0.15) is 0 Å². The Morgan fingerprint density at radius 2 is 2.11 bits per heavy atom. The van der Waals surface area contributed by atoms with Gasteiger partial charge < -0.3 is 10.4 Å². The molecule has 0 amide bonds. The third kappa shape index (κ3) is 4.62. The van der Waals surface area contributed by atoms with Crippen molar-refractivity contribution in [2.45, 2.75) is 65.5 Å². The number of nitrogens with zero attached hydrogens (tertiary/aromatic N) is 2. The summed E-state index contributed by atoms with van der Waals surface area (Å²) in [6.45, 7) is 10.5. The quantitative estimate of drug-likeness (QED) is 0.722. The molecule has 4 nitrogen and oxygen atoms in total. The van der Waals surface area contributed by atoms with E-state index < -0.39 is 0 Å². The summed E-state index contributed by atoms with van der Waals surface area (Å²) in [5, 5.41) is 17.7. The Kier molecular flexibility index (Phi) is 6.52. The predicted octanol–water partition coefficient (Wildman–Crippen LogP) is 2.42. The van der Waals surface area contributed by atoms with Crippen molar-refractivity contribution in [1.82, 2.24) is 15.1 Å². The lowest BCUT2D eigenvalue weighted by Gasteiger charge is -2.32. The average molecular weight is 267 g/mol. The molecule has 1 aromatic rings. The second-order valence-electron chi connectivity index (χ2n) is 5.47. The van der Waals surface area contributed by atoms with Gasteiger partial charge in [-0.15, -0.1) is 0 Å². The van der Waals surface area contributed by atoms with Crippen LogP contribution in [0.4, 0.5) is 0 Å². The van der Waals surface area contributed by atoms with Crippen molar-refractivity contribution in [1.29, 1.82) is 0 Å². The summed E-state index contributed by atoms with van der Waals surface area (Å²) < 4.78 is 2.06. The maximum atomic E-state index is 9.67. The van der Waals surface area contributed by atoms with Gasteiger partial charge in [0, 0.05) is 17.8 Å². The van der Waals surface area contributed by atoms with Gasteiger partial charge in [-0.05, 0) is 52.1 Å². The van der Waals surface area contributed by atoms with E-state index in [1.54, 1.807) is 0 Å². The number of aliphatic hydroxyl groups excluding tert-OH is 1. The van der Waals surface area contributed by atoms with Crippen LogP contribution >= 0.6 is 0 Å². The zero-order valence-corrected chi connectivity index (χ0v) is 12.9. The molecule has 1 rings (SSSR count). The summed E-state index contributed by atoms with van der Waals surface area (Å²) >= 11 is 0. The molecule has 0 aromatic carbocycles. The van der Waals surface area contributed by atoms with Gasteiger partial charge in [0.2, 0.25) is 0 Å². The van der Waals surface area contributed by atoms with E-state index in [-0.39, 0.29) is 12.1 Å². The van der Waals surface area contributed by atoms with Crippen LogP contribution in [0.25, 0.3) is 0 Å². The molecule has 19 heavy (non-hydrogen) atoms. The fraction of sp³-hybridized carbons (Fsp3) is 0.800. The van der Waals surface area contributed by atoms with Crippen LogP contribution in [0.15, 0.2) is 6.07 Å². The normalized spacial score (nSPS) is 14.6. The Bertz CT molecular complexity index is 369. The van der Waals surface area contributed by atoms with E-state index in [1.807, 2.05) is 6.92 Å². The number of aromatic nitrogens is 2. The molecule has 1 heterocycles. The van der Waals surface area contributed by atoms with Gasteiger partial charge >= 0.3 is 0 Å². The summed E-state index contributed by atoms with van der Waals surface area (Å²) in [6.07, 6.45) is 4.07. The molecular formula is C15H29N3O. The van der Waals surface area contributed by atoms with E-state index in [9.17, 15) is 5.11 Å². The lowest BCUT2D eigenvalue weighted by molar-refractivity contribution is 0.142. The van der Waals surface area contributed by atoms with Crippen molar-refractivity contribution < 1.29 is 5.11 Å². The van der Waals surface area contributed by atoms with Gasteiger partial charge in [0.25, 0.3) is 0 Å². The van der Waals surface area contributed by atoms with Gasteiger partial charge in [-0.1, -0.05) is 13.8 Å². The molecule has 1 atom stereocenters. The van der Waals surface area contributed by atoms with E-state index in [2.05, 4.69) is 41.9 Å². The van der Waals surface area contributed by atoms with E-state index in [1.165, 1.54) is 5.69 Å². The number of hydrogen-bond donors (Lipinski definition) is 2. The first-order chi connectivity index (χ1) is 9.06. The van der Waals surface area contributed by atoms with Crippen LogP contribution in [0.2, 0.25) is 0 Å². The summed E-state index contributed by atoms with van der Waals surface area (Å²) in [5.41, 5.74) is 2.17. The molecule has 0 aliphatic rings. The number of aryl methyl sites for hydroxylation is 3. The van der Waals surface area contributed by atoms with E-state index in [0.717, 1.165) is 44.5 Å². The zero-order chi connectivity index (χ0) is 14.3. The largest absolute Gasteiger partial charge is 0.394 e. The van der Waals surface area contributed by atoms with Crippen molar-refractivity contribution >= 4 is 0 Å². The fourth-order valence-corrected chi connectivity index (χ4v) is 2.50. The highest BCUT2D eigenvalue weighted by atomic mass is 16.3. The molecule has 4 heteroatoms. The summed E-state index contributed by atoms with van der Waals surface area (Å²) in [7, 11) is 0. The van der Waals surface area contributed by atoms with Crippen LogP contribution in [-0.4, -0.2) is 33.6 Å². The maximum Gasteiger partial charge on any atom is 0.0613 e. The minimum absolute atomic E-state index is 0.119. The fourth-order valence-electron chi connectivity index (χ4n) is 2.50. The Morgan fingerprint density at radius 3 is 2.58 bits per heavy atom. The van der Waals surface area contributed by atoms with Crippen LogP contribution in [0.3, 0.4) is 0 Å². The summed E-state index contributed by atoms with van der Waals surface area (Å²) in [6, 6.07) is 2.11. The second-order valence-corrected chi connectivity index (χ2v) is 5.47. The lowest BCUT2D eigenvalue weighted by Crippen LogP contribution is -2.48. The van der Waals surface area contributed by atoms with Crippen LogP contribution in [0.5, 0.6) is 0 Å². The number of rotatable bonds is 9. The first-order valence-electron chi connectivity index (χ1n) is 7.44. The smallest absolute Gasteiger partial charge is 0.0613 e. The zero-order valence-electron chi connectivity index (χ0n) is 12.9. The monoisotopic (exact) mass is 267 g/mol. The van der Waals surface area contributed by atoms with Crippen molar-refractivity contribution in [3.05, 3.63) is 17.5 Å². The Balaban J connectivity index is 2.50. The molecule has 0 saturated heterocycles. The van der Waals surface area contributed by atoms with Gasteiger partial charge in [0.05, 0.1) is 12.3 Å². The van der Waals surface area contributed by atoms with Crippen molar-refractivity contribution in [2.75, 3.05) is 13.2 Å². The second kappa shape index (κ2) is 7.65. The number of aliphatic hydroxyl groups is 1. The highest BCUT2D eigenvalue weighted by Gasteiger charge is 2.25. The lowest BCUT2D eigenvalue weighted by atomic mass is 9.91. The Morgan fingerprint density at radius 1 is 1.37 bits per heavy atom. The van der Waals surface area contributed by atoms with Crippen LogP contribution < -0.4 is 5.32 Å². The molecule has 1 aromatic heterocycles. The van der Waals surface area contributed by atoms with Crippen LogP contribution in [-0.2, 0) is 6.54 Å². The topological polar surface area (TPSA) is 50.1 Å². The standard InChI is InChI=1S/C15H29N3O/c1-5-9-16-15(6-2,12-19)8-7-10-18-14(4)11-13(3)17-18/h11,16,19H,5-10,12H2,1-4H3. The van der Waals surface area contributed by atoms with Crippen LogP contribution in [0.1, 0.15) is 50.9 Å². The average Bonchev–Trinajstić information content (AvgIpc) is 2.72. The molecule has 0 aliphatic carbocycles. The molecular weight excluding hydrogens is 238 g/mol. The maximum absolute atomic E-state index is 9.67. The van der Waals surface area contributed by atoms with Crippen LogP contribution in [0, 0.1) is 13.8 Å². The molecule has 0 radical (unpaired) electrons. The summed E-state index contributed by atoms with van der Waals surface area (Å²) in [5.74, 6) is 0. The molecule has 110 valence electrons. The third-order valence-corrected chi connectivity index (χ3v) is 3.86. The van der Waals surface area contributed by atoms with E-state index in [4.69, 9.17) is 0 Å². The highest BCUT2D eigenvalue weighted by molar-refractivity contribution is 5.06. The highest BCUT2D eigenvalue weighted by Crippen LogP contribution is 2.18. The molecule has 1 unspecified atom stereocenters. The first-order valence-corrected chi connectivity index (χ1v) is 7.44. The summed E-state index contributed by atoms with van der Waals surface area (Å²) in [4.78, 5) is 0. The first kappa shape index (κ1) is 16.2. The third-order valence-electron chi connectivity index (χ3n) is 3.86. The number of hydrogen-bond acceptors (Lipinski definition) is 3. The minimum atomic E-state index is -0.119. The molecule has 0 fully saturated rings.